The number of carbonyl (C=O) groups is 1. The molecule has 1 N–H and O–H groups in total. The summed E-state index contributed by atoms with van der Waals surface area (Å²) in [7, 11) is 0. The molecule has 1 heterocycles. The fraction of sp³-hybridized carbons (Fsp3) is 0.593. The van der Waals surface area contributed by atoms with Crippen LogP contribution in [0.25, 0.3) is 0 Å². The second-order valence-corrected chi connectivity index (χ2v) is 10.8. The van der Waals surface area contributed by atoms with Crippen LogP contribution in [0.3, 0.4) is 0 Å². The maximum absolute atomic E-state index is 13.8. The van der Waals surface area contributed by atoms with E-state index in [0.29, 0.717) is 19.3 Å². The van der Waals surface area contributed by atoms with Gasteiger partial charge >= 0.3 is 0 Å². The molecule has 166 valence electrons. The first-order valence-electron chi connectivity index (χ1n) is 11.6. The number of hydrogen-bond donors (Lipinski definition) is 1. The van der Waals surface area contributed by atoms with Gasteiger partial charge in [0.2, 0.25) is 0 Å². The summed E-state index contributed by atoms with van der Waals surface area (Å²) in [4.78, 5) is 13.8. The van der Waals surface area contributed by atoms with Crippen molar-refractivity contribution in [1.29, 1.82) is 0 Å². The number of hydrogen-bond acceptors (Lipinski definition) is 4. The van der Waals surface area contributed by atoms with Gasteiger partial charge in [0.05, 0.1) is 17.6 Å². The van der Waals surface area contributed by atoms with Gasteiger partial charge in [-0.25, -0.2) is 0 Å². The van der Waals surface area contributed by atoms with Crippen LogP contribution in [0.2, 0.25) is 0 Å². The smallest absolute Gasteiger partial charge is 0.185 e. The molecular formula is C27H34O4. The molecule has 6 atom stereocenters. The number of Topliss-reactive ketones (excluding diaryl/α,β-unsaturated/α-hetero) is 1. The van der Waals surface area contributed by atoms with E-state index < -0.39 is 23.4 Å². The van der Waals surface area contributed by atoms with E-state index in [0.717, 1.165) is 29.6 Å². The molecule has 4 nitrogen and oxygen atoms in total. The standard InChI is InChI=1S/C27H34O4/c1-16-13-14-27-23(30-24(31-27)18-9-7-6-8-10-18)22-17(2)11-12-20(28)26(22,5)21(29)15-19(16)25(27,3)4/h6-10,20,22-24,28H,2,11-15H2,1,3-5H3/t20-,22-,23-,24?,26-,27+/m0/s1. The molecule has 2 saturated carbocycles. The van der Waals surface area contributed by atoms with Crippen molar-refractivity contribution >= 4 is 5.78 Å². The lowest BCUT2D eigenvalue weighted by Crippen LogP contribution is -2.65. The Kier molecular flexibility index (Phi) is 4.68. The third-order valence-electron chi connectivity index (χ3n) is 9.08. The third-order valence-corrected chi connectivity index (χ3v) is 9.08. The van der Waals surface area contributed by atoms with Crippen LogP contribution in [0.15, 0.2) is 53.6 Å². The number of aliphatic hydroxyl groups is 1. The topological polar surface area (TPSA) is 55.8 Å². The monoisotopic (exact) mass is 422 g/mol. The zero-order valence-electron chi connectivity index (χ0n) is 19.1. The first-order valence-corrected chi connectivity index (χ1v) is 11.6. The van der Waals surface area contributed by atoms with Crippen LogP contribution in [-0.2, 0) is 14.3 Å². The maximum Gasteiger partial charge on any atom is 0.185 e. The van der Waals surface area contributed by atoms with Gasteiger partial charge in [-0.3, -0.25) is 4.79 Å². The predicted molar refractivity (Wildman–Crippen MR) is 119 cm³/mol. The summed E-state index contributed by atoms with van der Waals surface area (Å²) in [5, 5.41) is 11.2. The molecule has 1 aromatic rings. The highest BCUT2D eigenvalue weighted by Gasteiger charge is 2.69. The molecule has 0 aromatic heterocycles. The van der Waals surface area contributed by atoms with Gasteiger partial charge in [-0.1, -0.05) is 67.5 Å². The molecule has 1 spiro atoms. The third kappa shape index (κ3) is 2.68. The molecule has 3 aliphatic carbocycles. The molecule has 0 amide bonds. The Bertz CT molecular complexity index is 961. The van der Waals surface area contributed by atoms with Crippen LogP contribution in [0.1, 0.15) is 71.7 Å². The number of fused-ring (bicyclic) bond motifs is 3. The van der Waals surface area contributed by atoms with Crippen molar-refractivity contribution in [3.05, 3.63) is 59.2 Å². The molecular weight excluding hydrogens is 388 g/mol. The normalized spacial score (nSPS) is 42.0. The van der Waals surface area contributed by atoms with E-state index in [9.17, 15) is 9.90 Å². The first kappa shape index (κ1) is 21.1. The summed E-state index contributed by atoms with van der Waals surface area (Å²) < 4.78 is 13.7. The highest BCUT2D eigenvalue weighted by Crippen LogP contribution is 2.65. The van der Waals surface area contributed by atoms with Gasteiger partial charge in [0.15, 0.2) is 6.29 Å². The predicted octanol–water partition coefficient (Wildman–Crippen LogP) is 5.28. The highest BCUT2D eigenvalue weighted by atomic mass is 16.7. The number of ether oxygens (including phenoxy) is 2. The number of allylic oxidation sites excluding steroid dienone is 1. The Labute approximate surface area is 185 Å². The Morgan fingerprint density at radius 1 is 1.13 bits per heavy atom. The molecule has 0 radical (unpaired) electrons. The Morgan fingerprint density at radius 2 is 1.84 bits per heavy atom. The van der Waals surface area contributed by atoms with Gasteiger partial charge in [0.1, 0.15) is 11.4 Å². The Morgan fingerprint density at radius 3 is 2.55 bits per heavy atom. The summed E-state index contributed by atoms with van der Waals surface area (Å²) in [5.41, 5.74) is 2.59. The van der Waals surface area contributed by atoms with E-state index in [-0.39, 0.29) is 23.2 Å². The average molecular weight is 423 g/mol. The van der Waals surface area contributed by atoms with Crippen molar-refractivity contribution < 1.29 is 19.4 Å². The number of rotatable bonds is 1. The summed E-state index contributed by atoms with van der Waals surface area (Å²) in [6.07, 6.45) is 1.85. The van der Waals surface area contributed by atoms with E-state index in [4.69, 9.17) is 9.47 Å². The zero-order valence-corrected chi connectivity index (χ0v) is 19.1. The van der Waals surface area contributed by atoms with Crippen molar-refractivity contribution in [1.82, 2.24) is 0 Å². The minimum absolute atomic E-state index is 0.107. The van der Waals surface area contributed by atoms with Crippen molar-refractivity contribution in [2.75, 3.05) is 0 Å². The quantitative estimate of drug-likeness (QED) is 0.626. The van der Waals surface area contributed by atoms with Crippen molar-refractivity contribution in [2.45, 2.75) is 83.9 Å². The first-order chi connectivity index (χ1) is 14.6. The molecule has 2 bridgehead atoms. The Hall–Kier alpha value is -1.75. The van der Waals surface area contributed by atoms with Gasteiger partial charge in [-0.15, -0.1) is 0 Å². The number of benzene rings is 1. The summed E-state index contributed by atoms with van der Waals surface area (Å²) >= 11 is 0. The van der Waals surface area contributed by atoms with E-state index in [1.807, 2.05) is 37.3 Å². The van der Waals surface area contributed by atoms with Crippen LogP contribution in [0.5, 0.6) is 0 Å². The molecule has 1 unspecified atom stereocenters. The summed E-state index contributed by atoms with van der Waals surface area (Å²) in [5.74, 6) is -0.160. The van der Waals surface area contributed by atoms with Crippen molar-refractivity contribution in [2.24, 2.45) is 16.7 Å². The number of aliphatic hydroxyl groups excluding tert-OH is 1. The molecule has 4 heteroatoms. The molecule has 4 aliphatic rings. The minimum atomic E-state index is -0.917. The van der Waals surface area contributed by atoms with E-state index in [2.05, 4.69) is 27.4 Å². The maximum atomic E-state index is 13.8. The van der Waals surface area contributed by atoms with Gasteiger partial charge in [0.25, 0.3) is 0 Å². The largest absolute Gasteiger partial charge is 0.392 e. The molecule has 5 rings (SSSR count). The van der Waals surface area contributed by atoms with Crippen LogP contribution in [0.4, 0.5) is 0 Å². The fourth-order valence-electron chi connectivity index (χ4n) is 6.98. The molecule has 3 fully saturated rings. The SMILES string of the molecule is C=C1CC[C@H](O)[C@@]2(C)C(=O)CC3=C(C)CC[C@]4(OC(c5ccccc5)O[C@H]4[C@H]12)C3(C)C. The fourth-order valence-corrected chi connectivity index (χ4v) is 6.98. The van der Waals surface area contributed by atoms with Crippen molar-refractivity contribution in [3.63, 3.8) is 0 Å². The van der Waals surface area contributed by atoms with Crippen LogP contribution < -0.4 is 0 Å². The Balaban J connectivity index is 1.73. The second-order valence-electron chi connectivity index (χ2n) is 10.8. The van der Waals surface area contributed by atoms with Gasteiger partial charge in [-0.05, 0) is 39.5 Å². The number of ketones is 1. The van der Waals surface area contributed by atoms with E-state index in [1.54, 1.807) is 0 Å². The highest BCUT2D eigenvalue weighted by molar-refractivity contribution is 5.89. The van der Waals surface area contributed by atoms with Crippen molar-refractivity contribution in [3.8, 4) is 0 Å². The summed E-state index contributed by atoms with van der Waals surface area (Å²) in [6.45, 7) is 12.9. The average Bonchev–Trinajstić information content (AvgIpc) is 3.12. The molecule has 31 heavy (non-hydrogen) atoms. The zero-order chi connectivity index (χ0) is 22.2. The van der Waals surface area contributed by atoms with Crippen LogP contribution >= 0.6 is 0 Å². The van der Waals surface area contributed by atoms with Gasteiger partial charge < -0.3 is 14.6 Å². The van der Waals surface area contributed by atoms with E-state index >= 15 is 0 Å². The lowest BCUT2D eigenvalue weighted by Gasteiger charge is -2.58. The van der Waals surface area contributed by atoms with Gasteiger partial charge in [0, 0.05) is 23.3 Å². The van der Waals surface area contributed by atoms with Crippen LogP contribution in [-0.4, -0.2) is 28.7 Å². The second kappa shape index (κ2) is 6.87. The molecule has 1 aliphatic heterocycles. The molecule has 1 saturated heterocycles. The lowest BCUT2D eigenvalue weighted by molar-refractivity contribution is -0.161. The number of carbonyl (C=O) groups excluding carboxylic acids is 1. The van der Waals surface area contributed by atoms with Gasteiger partial charge in [-0.2, -0.15) is 0 Å². The van der Waals surface area contributed by atoms with Crippen LogP contribution in [0, 0.1) is 16.7 Å². The lowest BCUT2D eigenvalue weighted by atomic mass is 9.49. The minimum Gasteiger partial charge on any atom is -0.392 e. The molecule has 1 aromatic carbocycles. The van der Waals surface area contributed by atoms with E-state index in [1.165, 1.54) is 5.57 Å². The summed E-state index contributed by atoms with van der Waals surface area (Å²) in [6, 6.07) is 10.1.